The Morgan fingerprint density at radius 3 is 1.86 bits per heavy atom. The molecule has 17 nitrogen and oxygen atoms in total. The predicted molar refractivity (Wildman–Crippen MR) is 146 cm³/mol. The molecule has 0 bridgehead atoms. The van der Waals surface area contributed by atoms with Gasteiger partial charge in [-0.3, -0.25) is 23.2 Å². The van der Waals surface area contributed by atoms with E-state index < -0.39 is 62.2 Å². The van der Waals surface area contributed by atoms with Crippen molar-refractivity contribution in [3.8, 4) is 0 Å². The number of aliphatic carboxylic acids is 2. The molecule has 0 atom stereocenters. The fourth-order valence-corrected chi connectivity index (χ4v) is 3.41. The second-order valence-electron chi connectivity index (χ2n) is 10.4. The molecule has 0 radical (unpaired) electrons. The van der Waals surface area contributed by atoms with Gasteiger partial charge in [0, 0.05) is 18.7 Å². The number of hydrogen-bond acceptors (Lipinski definition) is 14. The Kier molecular flexibility index (Phi) is 13.7. The molecule has 0 aromatic carbocycles. The molecule has 0 aliphatic heterocycles. The lowest BCUT2D eigenvalue weighted by atomic mass is 9.98. The van der Waals surface area contributed by atoms with Crippen LogP contribution in [0.1, 0.15) is 41.5 Å². The number of nitrogen functional groups attached to an aromatic ring is 1. The number of carbonyl (C=O) groups is 4. The summed E-state index contributed by atoms with van der Waals surface area (Å²) in [5.41, 5.74) is 5.21. The Hall–Kier alpha value is -3.92. The number of esters is 2. The topological polar surface area (TPSA) is 242 Å². The lowest BCUT2D eigenvalue weighted by Gasteiger charge is -2.22. The molecule has 42 heavy (non-hydrogen) atoms. The lowest BCUT2D eigenvalue weighted by Crippen LogP contribution is -2.25. The predicted octanol–water partition coefficient (Wildman–Crippen LogP) is 2.41. The van der Waals surface area contributed by atoms with Crippen LogP contribution in [-0.4, -0.2) is 80.2 Å². The molecule has 0 amide bonds. The van der Waals surface area contributed by atoms with Crippen molar-refractivity contribution in [2.24, 2.45) is 10.8 Å². The summed E-state index contributed by atoms with van der Waals surface area (Å²) in [6, 6.07) is 0. The molecule has 2 aromatic heterocycles. The van der Waals surface area contributed by atoms with E-state index in [0.29, 0.717) is 29.9 Å². The van der Waals surface area contributed by atoms with Crippen molar-refractivity contribution in [1.82, 2.24) is 19.5 Å². The molecule has 2 heterocycles. The second-order valence-corrected chi connectivity index (χ2v) is 12.4. The summed E-state index contributed by atoms with van der Waals surface area (Å²) < 4.78 is 40.7. The first-order valence-corrected chi connectivity index (χ1v) is 13.9. The van der Waals surface area contributed by atoms with Gasteiger partial charge in [0.15, 0.2) is 11.5 Å². The monoisotopic (exact) mass is 617 g/mol. The Balaban J connectivity index is 0.000000962. The highest BCUT2D eigenvalue weighted by molar-refractivity contribution is 7.53. The number of hydrogen-bond donors (Lipinski definition) is 3. The van der Waals surface area contributed by atoms with Crippen LogP contribution in [0.3, 0.4) is 0 Å². The minimum atomic E-state index is -3.95. The molecule has 0 saturated carbocycles. The quantitative estimate of drug-likeness (QED) is 0.0960. The third-order valence-corrected chi connectivity index (χ3v) is 6.12. The van der Waals surface area contributed by atoms with Crippen LogP contribution in [0.4, 0.5) is 5.82 Å². The van der Waals surface area contributed by atoms with Crippen molar-refractivity contribution in [3.63, 3.8) is 0 Å². The van der Waals surface area contributed by atoms with Crippen molar-refractivity contribution in [1.29, 1.82) is 0 Å². The van der Waals surface area contributed by atoms with Crippen LogP contribution in [0.2, 0.25) is 0 Å². The van der Waals surface area contributed by atoms with Gasteiger partial charge in [-0.25, -0.2) is 24.5 Å². The van der Waals surface area contributed by atoms with Crippen LogP contribution in [0.5, 0.6) is 0 Å². The number of imidazole rings is 1. The van der Waals surface area contributed by atoms with Crippen LogP contribution in [0.15, 0.2) is 24.8 Å². The van der Waals surface area contributed by atoms with Gasteiger partial charge in [-0.05, 0) is 41.5 Å². The van der Waals surface area contributed by atoms with Crippen LogP contribution in [0, 0.1) is 10.8 Å². The van der Waals surface area contributed by atoms with Crippen molar-refractivity contribution < 1.29 is 57.2 Å². The van der Waals surface area contributed by atoms with Gasteiger partial charge in [0.05, 0.1) is 23.8 Å². The molecule has 234 valence electrons. The molecule has 0 unspecified atom stereocenters. The van der Waals surface area contributed by atoms with Crippen molar-refractivity contribution in [3.05, 3.63) is 24.8 Å². The summed E-state index contributed by atoms with van der Waals surface area (Å²) in [7, 11) is -3.95. The Bertz CT molecular complexity index is 1260. The summed E-state index contributed by atoms with van der Waals surface area (Å²) in [6.07, 6.45) is 3.50. The Labute approximate surface area is 241 Å². The maximum absolute atomic E-state index is 13.1. The van der Waals surface area contributed by atoms with Crippen molar-refractivity contribution in [2.45, 2.75) is 48.1 Å². The summed E-state index contributed by atoms with van der Waals surface area (Å²) >= 11 is 0. The lowest BCUT2D eigenvalue weighted by molar-refractivity contribution is -0.162. The van der Waals surface area contributed by atoms with Crippen LogP contribution < -0.4 is 5.73 Å². The van der Waals surface area contributed by atoms with E-state index >= 15 is 0 Å². The number of carboxylic acid groups (broad SMARTS) is 2. The number of rotatable bonds is 13. The number of carboxylic acids is 2. The standard InChI is InChI=1S/C20H32N5O8P.C4H4O4/c1-19(2,3)17(26)30-11-32-34(28,33-12-31-18(27)20(4,5)6)13-29-8-7-25-10-24-14-15(21)22-9-23-16(14)25;5-3(6)1-2-4(7)8/h9-10H,7-8,11-13H2,1-6H3,(H2,21,22,23);1-2H,(H,5,6)(H,7,8)/b;2-1+. The number of carbonyl (C=O) groups excluding carboxylic acids is 2. The highest BCUT2D eigenvalue weighted by Gasteiger charge is 2.30. The zero-order chi connectivity index (χ0) is 32.1. The molecule has 2 rings (SSSR count). The summed E-state index contributed by atoms with van der Waals surface area (Å²) in [5.74, 6) is -3.36. The van der Waals surface area contributed by atoms with Crippen molar-refractivity contribution >= 4 is 48.5 Å². The van der Waals surface area contributed by atoms with Gasteiger partial charge in [0.1, 0.15) is 18.2 Å². The normalized spacial score (nSPS) is 12.0. The number of nitrogens with zero attached hydrogens (tertiary/aromatic N) is 4. The fraction of sp³-hybridized carbons (Fsp3) is 0.542. The third kappa shape index (κ3) is 13.2. The molecule has 2 aromatic rings. The van der Waals surface area contributed by atoms with Crippen LogP contribution in [0.25, 0.3) is 11.2 Å². The van der Waals surface area contributed by atoms with Gasteiger partial charge in [-0.2, -0.15) is 0 Å². The molecule has 0 aliphatic carbocycles. The van der Waals surface area contributed by atoms with Crippen LogP contribution in [-0.2, 0) is 53.5 Å². The Morgan fingerprint density at radius 2 is 1.40 bits per heavy atom. The van der Waals surface area contributed by atoms with Gasteiger partial charge < -0.3 is 34.7 Å². The second kappa shape index (κ2) is 15.9. The minimum absolute atomic E-state index is 0.0929. The van der Waals surface area contributed by atoms with E-state index in [0.717, 1.165) is 0 Å². The van der Waals surface area contributed by atoms with E-state index in [4.69, 9.17) is 39.2 Å². The molecule has 0 saturated heterocycles. The molecule has 0 aliphatic rings. The van der Waals surface area contributed by atoms with E-state index in [9.17, 15) is 23.7 Å². The number of nitrogens with two attached hydrogens (primary N) is 1. The van der Waals surface area contributed by atoms with E-state index in [1.54, 1.807) is 46.1 Å². The summed E-state index contributed by atoms with van der Waals surface area (Å²) in [6.45, 7) is 9.16. The van der Waals surface area contributed by atoms with Gasteiger partial charge in [-0.15, -0.1) is 0 Å². The van der Waals surface area contributed by atoms with Gasteiger partial charge in [0.25, 0.3) is 0 Å². The first-order valence-electron chi connectivity index (χ1n) is 12.2. The largest absolute Gasteiger partial charge is 0.478 e. The van der Waals surface area contributed by atoms with Crippen molar-refractivity contribution in [2.75, 3.05) is 32.3 Å². The highest BCUT2D eigenvalue weighted by atomic mass is 31.2. The molecular weight excluding hydrogens is 581 g/mol. The number of anilines is 1. The smallest absolute Gasteiger partial charge is 0.361 e. The number of ether oxygens (including phenoxy) is 3. The average molecular weight is 618 g/mol. The molecule has 0 fully saturated rings. The first kappa shape index (κ1) is 36.1. The average Bonchev–Trinajstić information content (AvgIpc) is 3.29. The van der Waals surface area contributed by atoms with Gasteiger partial charge in [0.2, 0.25) is 13.6 Å². The number of aromatic nitrogens is 4. The maximum Gasteiger partial charge on any atom is 0.361 e. The zero-order valence-corrected chi connectivity index (χ0v) is 25.0. The Morgan fingerprint density at radius 1 is 0.905 bits per heavy atom. The fourth-order valence-electron chi connectivity index (χ4n) is 2.41. The summed E-state index contributed by atoms with van der Waals surface area (Å²) in [4.78, 5) is 55.1. The van der Waals surface area contributed by atoms with E-state index in [1.165, 1.54) is 12.7 Å². The number of fused-ring (bicyclic) bond motifs is 1. The maximum atomic E-state index is 13.1. The van der Waals surface area contributed by atoms with E-state index in [2.05, 4.69) is 15.0 Å². The molecule has 4 N–H and O–H groups in total. The highest BCUT2D eigenvalue weighted by Crippen LogP contribution is 2.48. The first-order chi connectivity index (χ1) is 19.4. The van der Waals surface area contributed by atoms with Gasteiger partial charge >= 0.3 is 31.5 Å². The molecule has 0 spiro atoms. The van der Waals surface area contributed by atoms with Gasteiger partial charge in [-0.1, -0.05) is 0 Å². The minimum Gasteiger partial charge on any atom is -0.478 e. The molecular formula is C24H36N5O12P. The SMILES string of the molecule is CC(C)(C)C(=O)OCOP(=O)(COCCn1cnc2c(N)ncnc21)OCOC(=O)C(C)(C)C.O=C(O)/C=C/C(=O)O. The zero-order valence-electron chi connectivity index (χ0n) is 24.1. The summed E-state index contributed by atoms with van der Waals surface area (Å²) in [5, 5.41) is 15.6. The van der Waals surface area contributed by atoms with Crippen LogP contribution >= 0.6 is 7.60 Å². The van der Waals surface area contributed by atoms with E-state index in [1.807, 2.05) is 0 Å². The van der Waals surface area contributed by atoms with E-state index in [-0.39, 0.29) is 12.4 Å². The third-order valence-electron chi connectivity index (χ3n) is 4.63. The molecule has 18 heteroatoms.